The largest absolute Gasteiger partial charge is 0.465 e. The number of esters is 1. The molecule has 1 fully saturated rings. The number of unbranched alkanes of at least 4 members (excludes halogenated alkanes) is 2. The van der Waals surface area contributed by atoms with Crippen molar-refractivity contribution in [3.05, 3.63) is 0 Å². The molecule has 0 N–H and O–H groups in total. The van der Waals surface area contributed by atoms with Gasteiger partial charge in [0.15, 0.2) is 0 Å². The second kappa shape index (κ2) is 4.37. The Labute approximate surface area is 67.9 Å². The van der Waals surface area contributed by atoms with Crippen LogP contribution in [0.15, 0.2) is 0 Å². The van der Waals surface area contributed by atoms with E-state index in [4.69, 9.17) is 4.74 Å². The molecule has 0 radical (unpaired) electrons. The fraction of sp³-hybridized carbons (Fsp3) is 0.889. The molecule has 1 aliphatic rings. The van der Waals surface area contributed by atoms with Crippen LogP contribution in [0.2, 0.25) is 0 Å². The fourth-order valence-corrected chi connectivity index (χ4v) is 1.44. The smallest absolute Gasteiger partial charge is 0.309 e. The Hall–Kier alpha value is -0.530. The highest BCUT2D eigenvalue weighted by Gasteiger charge is 2.25. The standard InChI is InChI=1S/C9H16O2/c1-2-3-4-5-8-6-7-11-9(8)10/h8H,2-7H2,1H3/t8-/m0/s1. The van der Waals surface area contributed by atoms with Crippen LogP contribution in [-0.4, -0.2) is 12.6 Å². The van der Waals surface area contributed by atoms with Crippen molar-refractivity contribution >= 4 is 5.97 Å². The minimum Gasteiger partial charge on any atom is -0.465 e. The second-order valence-corrected chi connectivity index (χ2v) is 3.15. The van der Waals surface area contributed by atoms with Gasteiger partial charge in [0.2, 0.25) is 0 Å². The van der Waals surface area contributed by atoms with E-state index in [0.29, 0.717) is 6.61 Å². The van der Waals surface area contributed by atoms with Gasteiger partial charge in [-0.05, 0) is 12.8 Å². The Morgan fingerprint density at radius 1 is 1.55 bits per heavy atom. The summed E-state index contributed by atoms with van der Waals surface area (Å²) in [5, 5.41) is 0. The average molecular weight is 156 g/mol. The van der Waals surface area contributed by atoms with Gasteiger partial charge in [0.25, 0.3) is 0 Å². The molecule has 0 spiro atoms. The van der Waals surface area contributed by atoms with Crippen LogP contribution in [0.25, 0.3) is 0 Å². The minimum absolute atomic E-state index is 0.0288. The van der Waals surface area contributed by atoms with E-state index < -0.39 is 0 Å². The summed E-state index contributed by atoms with van der Waals surface area (Å²) < 4.78 is 4.86. The monoisotopic (exact) mass is 156 g/mol. The molecule has 0 amide bonds. The van der Waals surface area contributed by atoms with E-state index in [9.17, 15) is 4.79 Å². The SMILES string of the molecule is CCCCC[C@H]1CCOC1=O. The maximum absolute atomic E-state index is 10.9. The van der Waals surface area contributed by atoms with E-state index in [1.807, 2.05) is 0 Å². The molecule has 0 bridgehead atoms. The molecular weight excluding hydrogens is 140 g/mol. The molecule has 2 heteroatoms. The zero-order valence-corrected chi connectivity index (χ0v) is 7.14. The summed E-state index contributed by atoms with van der Waals surface area (Å²) in [7, 11) is 0. The van der Waals surface area contributed by atoms with Gasteiger partial charge >= 0.3 is 5.97 Å². The zero-order chi connectivity index (χ0) is 8.10. The number of ether oxygens (including phenoxy) is 1. The van der Waals surface area contributed by atoms with Crippen LogP contribution in [0.1, 0.15) is 39.0 Å². The topological polar surface area (TPSA) is 26.3 Å². The first kappa shape index (κ1) is 8.57. The van der Waals surface area contributed by atoms with Crippen LogP contribution >= 0.6 is 0 Å². The van der Waals surface area contributed by atoms with Gasteiger partial charge in [-0.2, -0.15) is 0 Å². The van der Waals surface area contributed by atoms with E-state index in [1.165, 1.54) is 19.3 Å². The Kier molecular flexibility index (Phi) is 3.40. The van der Waals surface area contributed by atoms with Crippen molar-refractivity contribution in [1.29, 1.82) is 0 Å². The number of carbonyl (C=O) groups is 1. The van der Waals surface area contributed by atoms with E-state index in [-0.39, 0.29) is 11.9 Å². The van der Waals surface area contributed by atoms with E-state index in [0.717, 1.165) is 12.8 Å². The van der Waals surface area contributed by atoms with Gasteiger partial charge < -0.3 is 4.74 Å². The summed E-state index contributed by atoms with van der Waals surface area (Å²) in [6.07, 6.45) is 5.62. The lowest BCUT2D eigenvalue weighted by Gasteiger charge is -2.02. The van der Waals surface area contributed by atoms with Crippen LogP contribution in [0.4, 0.5) is 0 Å². The molecule has 0 aromatic carbocycles. The van der Waals surface area contributed by atoms with Crippen molar-refractivity contribution in [3.8, 4) is 0 Å². The predicted molar refractivity (Wildman–Crippen MR) is 43.2 cm³/mol. The maximum Gasteiger partial charge on any atom is 0.309 e. The summed E-state index contributed by atoms with van der Waals surface area (Å²) in [4.78, 5) is 10.9. The Morgan fingerprint density at radius 2 is 2.36 bits per heavy atom. The highest BCUT2D eigenvalue weighted by atomic mass is 16.5. The molecule has 0 unspecified atom stereocenters. The fourth-order valence-electron chi connectivity index (χ4n) is 1.44. The third kappa shape index (κ3) is 2.52. The van der Waals surface area contributed by atoms with Crippen LogP contribution in [0.3, 0.4) is 0 Å². The number of cyclic esters (lactones) is 1. The third-order valence-corrected chi connectivity index (χ3v) is 2.20. The number of rotatable bonds is 4. The molecule has 11 heavy (non-hydrogen) atoms. The van der Waals surface area contributed by atoms with E-state index in [1.54, 1.807) is 0 Å². The summed E-state index contributed by atoms with van der Waals surface area (Å²) in [5.74, 6) is 0.252. The van der Waals surface area contributed by atoms with Crippen molar-refractivity contribution in [3.63, 3.8) is 0 Å². The molecule has 0 aromatic heterocycles. The van der Waals surface area contributed by atoms with Crippen LogP contribution in [-0.2, 0) is 9.53 Å². The molecular formula is C9H16O2. The van der Waals surface area contributed by atoms with Crippen molar-refractivity contribution in [2.75, 3.05) is 6.61 Å². The minimum atomic E-state index is 0.0288. The van der Waals surface area contributed by atoms with Gasteiger partial charge in [-0.15, -0.1) is 0 Å². The summed E-state index contributed by atoms with van der Waals surface area (Å²) in [6.45, 7) is 2.82. The molecule has 0 aromatic rings. The molecule has 1 atom stereocenters. The van der Waals surface area contributed by atoms with Gasteiger partial charge in [0.1, 0.15) is 0 Å². The van der Waals surface area contributed by atoms with Gasteiger partial charge in [-0.3, -0.25) is 4.79 Å². The summed E-state index contributed by atoms with van der Waals surface area (Å²) in [6, 6.07) is 0. The molecule has 1 saturated heterocycles. The molecule has 1 aliphatic heterocycles. The average Bonchev–Trinajstić information content (AvgIpc) is 2.37. The third-order valence-electron chi connectivity index (χ3n) is 2.20. The molecule has 1 rings (SSSR count). The summed E-state index contributed by atoms with van der Waals surface area (Å²) in [5.41, 5.74) is 0. The summed E-state index contributed by atoms with van der Waals surface area (Å²) >= 11 is 0. The molecule has 0 saturated carbocycles. The van der Waals surface area contributed by atoms with Crippen molar-refractivity contribution < 1.29 is 9.53 Å². The van der Waals surface area contributed by atoms with Crippen LogP contribution in [0, 0.1) is 5.92 Å². The number of hydrogen-bond donors (Lipinski definition) is 0. The maximum atomic E-state index is 10.9. The van der Waals surface area contributed by atoms with Gasteiger partial charge in [0.05, 0.1) is 12.5 Å². The normalized spacial score (nSPS) is 23.7. The van der Waals surface area contributed by atoms with Gasteiger partial charge in [0, 0.05) is 0 Å². The van der Waals surface area contributed by atoms with Crippen LogP contribution in [0.5, 0.6) is 0 Å². The van der Waals surface area contributed by atoms with E-state index >= 15 is 0 Å². The molecule has 2 nitrogen and oxygen atoms in total. The lowest BCUT2D eigenvalue weighted by molar-refractivity contribution is -0.141. The number of hydrogen-bond acceptors (Lipinski definition) is 2. The van der Waals surface area contributed by atoms with E-state index in [2.05, 4.69) is 6.92 Å². The Morgan fingerprint density at radius 3 is 2.91 bits per heavy atom. The Balaban J connectivity index is 2.10. The lowest BCUT2D eigenvalue weighted by atomic mass is 10.0. The molecule has 0 aliphatic carbocycles. The number of carbonyl (C=O) groups excluding carboxylic acids is 1. The highest BCUT2D eigenvalue weighted by molar-refractivity contribution is 5.73. The lowest BCUT2D eigenvalue weighted by Crippen LogP contribution is -2.06. The zero-order valence-electron chi connectivity index (χ0n) is 7.14. The van der Waals surface area contributed by atoms with Gasteiger partial charge in [-0.25, -0.2) is 0 Å². The van der Waals surface area contributed by atoms with Crippen LogP contribution < -0.4 is 0 Å². The Bertz CT molecular complexity index is 132. The first-order valence-corrected chi connectivity index (χ1v) is 4.51. The molecule has 1 heterocycles. The van der Waals surface area contributed by atoms with Crippen molar-refractivity contribution in [2.24, 2.45) is 5.92 Å². The van der Waals surface area contributed by atoms with Crippen molar-refractivity contribution in [1.82, 2.24) is 0 Å². The van der Waals surface area contributed by atoms with Crippen molar-refractivity contribution in [2.45, 2.75) is 39.0 Å². The first-order valence-electron chi connectivity index (χ1n) is 4.51. The molecule has 64 valence electrons. The predicted octanol–water partition coefficient (Wildman–Crippen LogP) is 2.13. The quantitative estimate of drug-likeness (QED) is 0.460. The first-order chi connectivity index (χ1) is 5.34. The van der Waals surface area contributed by atoms with Gasteiger partial charge in [-0.1, -0.05) is 26.2 Å². The highest BCUT2D eigenvalue weighted by Crippen LogP contribution is 2.20. The second-order valence-electron chi connectivity index (χ2n) is 3.15.